The Morgan fingerprint density at radius 1 is 1.41 bits per heavy atom. The summed E-state index contributed by atoms with van der Waals surface area (Å²) >= 11 is 6.62. The number of methoxy groups -OCH3 is 1. The molecule has 37 heavy (non-hydrogen) atoms. The summed E-state index contributed by atoms with van der Waals surface area (Å²) in [6, 6.07) is 3.83. The molecule has 1 aromatic rings. The molecule has 0 aliphatic carbocycles. The van der Waals surface area contributed by atoms with Crippen LogP contribution >= 0.6 is 11.6 Å². The van der Waals surface area contributed by atoms with Gasteiger partial charge in [-0.05, 0) is 50.8 Å². The van der Waals surface area contributed by atoms with Crippen LogP contribution in [0.3, 0.4) is 0 Å². The minimum atomic E-state index is -0.939. The Balaban J connectivity index is 1.70. The fraction of sp³-hybridized carbons (Fsp3) is 0.571. The minimum absolute atomic E-state index is 0.0957. The number of nitrogens with one attached hydrogen (secondary N) is 1. The molecule has 2 amide bonds. The van der Waals surface area contributed by atoms with Crippen molar-refractivity contribution in [1.82, 2.24) is 5.32 Å². The number of aliphatic hydroxyl groups excluding tert-OH is 1. The molecular weight excluding hydrogens is 496 g/mol. The molecule has 2 fully saturated rings. The number of aliphatic hydroxyl groups is 1. The van der Waals surface area contributed by atoms with E-state index in [0.29, 0.717) is 29.3 Å². The Kier molecular flexibility index (Phi) is 9.32. The molecule has 2 aliphatic heterocycles. The highest BCUT2D eigenvalue weighted by Crippen LogP contribution is 2.50. The predicted molar refractivity (Wildman–Crippen MR) is 144 cm³/mol. The molecule has 6 atom stereocenters. The zero-order chi connectivity index (χ0) is 27.5. The maximum Gasteiger partial charge on any atom is 0.409 e. The molecule has 2 saturated heterocycles. The number of carbonyl (C=O) groups excluding carboxylic acids is 2. The van der Waals surface area contributed by atoms with Crippen molar-refractivity contribution in [2.24, 2.45) is 11.8 Å². The summed E-state index contributed by atoms with van der Waals surface area (Å²) in [6.45, 7) is 9.92. The minimum Gasteiger partial charge on any atom is -0.495 e. The van der Waals surface area contributed by atoms with Crippen molar-refractivity contribution in [3.05, 3.63) is 46.5 Å². The van der Waals surface area contributed by atoms with E-state index in [0.717, 1.165) is 5.56 Å². The lowest BCUT2D eigenvalue weighted by Crippen LogP contribution is -2.48. The van der Waals surface area contributed by atoms with Gasteiger partial charge in [-0.3, -0.25) is 10.1 Å². The van der Waals surface area contributed by atoms with Crippen molar-refractivity contribution in [3.63, 3.8) is 0 Å². The van der Waals surface area contributed by atoms with Gasteiger partial charge in [0.15, 0.2) is 0 Å². The molecule has 0 radical (unpaired) electrons. The van der Waals surface area contributed by atoms with Crippen LogP contribution in [0.15, 0.2) is 35.9 Å². The third-order valence-corrected chi connectivity index (χ3v) is 7.88. The number of nitrogens with zero attached hydrogens (tertiary/aromatic N) is 1. The second-order valence-corrected chi connectivity index (χ2v) is 10.7. The molecular formula is C28H39ClN2O6. The molecule has 3 rings (SSSR count). The first-order chi connectivity index (χ1) is 17.4. The smallest absolute Gasteiger partial charge is 0.409 e. The van der Waals surface area contributed by atoms with Gasteiger partial charge >= 0.3 is 6.09 Å². The van der Waals surface area contributed by atoms with E-state index >= 15 is 0 Å². The summed E-state index contributed by atoms with van der Waals surface area (Å²) in [5.41, 5.74) is 2.21. The summed E-state index contributed by atoms with van der Waals surface area (Å²) in [6.07, 6.45) is 5.03. The summed E-state index contributed by atoms with van der Waals surface area (Å²) in [5.74, 6) is 0.190. The highest BCUT2D eigenvalue weighted by molar-refractivity contribution is 6.35. The van der Waals surface area contributed by atoms with E-state index in [-0.39, 0.29) is 30.3 Å². The third kappa shape index (κ3) is 6.67. The van der Waals surface area contributed by atoms with Crippen LogP contribution in [0.2, 0.25) is 5.02 Å². The monoisotopic (exact) mass is 534 g/mol. The number of hydrogen-bond donors (Lipinski definition) is 2. The lowest BCUT2D eigenvalue weighted by Gasteiger charge is -2.31. The van der Waals surface area contributed by atoms with Crippen molar-refractivity contribution >= 4 is 29.3 Å². The van der Waals surface area contributed by atoms with E-state index in [1.165, 1.54) is 5.57 Å². The maximum atomic E-state index is 13.4. The van der Waals surface area contributed by atoms with Crippen molar-refractivity contribution in [1.29, 1.82) is 0 Å². The number of alkyl carbamates (subject to hydrolysis) is 1. The first kappa shape index (κ1) is 29.0. The van der Waals surface area contributed by atoms with E-state index in [9.17, 15) is 14.7 Å². The number of hydrogen-bond acceptors (Lipinski definition) is 6. The molecule has 0 aromatic heterocycles. The Morgan fingerprint density at radius 3 is 2.73 bits per heavy atom. The van der Waals surface area contributed by atoms with Crippen LogP contribution in [0.4, 0.5) is 10.5 Å². The Hall–Kier alpha value is -2.55. The maximum absolute atomic E-state index is 13.4. The van der Waals surface area contributed by atoms with Gasteiger partial charge in [0.1, 0.15) is 23.1 Å². The number of halogens is 1. The van der Waals surface area contributed by atoms with E-state index in [4.69, 9.17) is 25.8 Å². The Morgan fingerprint density at radius 2 is 2.11 bits per heavy atom. The first-order valence-electron chi connectivity index (χ1n) is 12.7. The molecule has 0 saturated carbocycles. The van der Waals surface area contributed by atoms with E-state index in [2.05, 4.69) is 18.3 Å². The standard InChI is InChI=1S/C28H39ClN2O6/c1-8-9-10-16(2)11-19-13-20(25(29)22(14-19)35-7)31(6)24(33)12-17(3)28(5)26(37-28)18(4)21-15-23(32)30-27(34)36-21/h8-10,13-14,17-18,21,23,26,32H,11-12,15H2,1-7H3,(H,30,34). The molecule has 0 spiro atoms. The number of epoxide rings is 1. The molecule has 8 nitrogen and oxygen atoms in total. The van der Waals surface area contributed by atoms with Gasteiger partial charge in [-0.2, -0.15) is 0 Å². The summed E-state index contributed by atoms with van der Waals surface area (Å²) in [4.78, 5) is 26.6. The van der Waals surface area contributed by atoms with Gasteiger partial charge in [0, 0.05) is 25.8 Å². The molecule has 9 heteroatoms. The molecule has 2 N–H and O–H groups in total. The van der Waals surface area contributed by atoms with Crippen molar-refractivity contribution in [2.45, 2.75) is 77.9 Å². The van der Waals surface area contributed by atoms with Gasteiger partial charge in [0.2, 0.25) is 5.91 Å². The van der Waals surface area contributed by atoms with Gasteiger partial charge in [0.25, 0.3) is 0 Å². The summed E-state index contributed by atoms with van der Waals surface area (Å²) < 4.78 is 16.9. The lowest BCUT2D eigenvalue weighted by molar-refractivity contribution is -0.119. The molecule has 2 heterocycles. The highest BCUT2D eigenvalue weighted by atomic mass is 35.5. The average Bonchev–Trinajstić information content (AvgIpc) is 3.54. The van der Waals surface area contributed by atoms with E-state index in [1.807, 2.05) is 52.0 Å². The topological polar surface area (TPSA) is 101 Å². The predicted octanol–water partition coefficient (Wildman–Crippen LogP) is 5.01. The van der Waals surface area contributed by atoms with Crippen LogP contribution in [-0.2, 0) is 20.7 Å². The average molecular weight is 535 g/mol. The fourth-order valence-corrected chi connectivity index (χ4v) is 5.24. The number of rotatable bonds is 10. The van der Waals surface area contributed by atoms with Gasteiger partial charge in [-0.15, -0.1) is 0 Å². The molecule has 6 unspecified atom stereocenters. The lowest BCUT2D eigenvalue weighted by atomic mass is 9.82. The second kappa shape index (κ2) is 11.9. The molecule has 204 valence electrons. The van der Waals surface area contributed by atoms with Crippen LogP contribution in [0, 0.1) is 11.8 Å². The number of anilines is 1. The van der Waals surface area contributed by atoms with Gasteiger partial charge in [-0.1, -0.05) is 49.2 Å². The van der Waals surface area contributed by atoms with E-state index in [1.54, 1.807) is 19.1 Å². The zero-order valence-electron chi connectivity index (χ0n) is 22.7. The molecule has 0 bridgehead atoms. The number of carbonyl (C=O) groups is 2. The van der Waals surface area contributed by atoms with Crippen LogP contribution in [-0.4, -0.2) is 55.3 Å². The van der Waals surface area contributed by atoms with Crippen molar-refractivity contribution in [2.75, 3.05) is 19.1 Å². The molecule has 2 aliphatic rings. The highest BCUT2D eigenvalue weighted by Gasteiger charge is 2.60. The summed E-state index contributed by atoms with van der Waals surface area (Å²) in [5, 5.41) is 12.6. The number of ether oxygens (including phenoxy) is 3. The second-order valence-electron chi connectivity index (χ2n) is 10.3. The molecule has 1 aromatic carbocycles. The van der Waals surface area contributed by atoms with Crippen LogP contribution in [0.25, 0.3) is 0 Å². The normalized spacial score (nSPS) is 27.3. The number of benzene rings is 1. The number of amides is 2. The van der Waals surface area contributed by atoms with Crippen molar-refractivity contribution in [3.8, 4) is 5.75 Å². The SMILES string of the molecule is CC=CC=C(C)Cc1cc(OC)c(Cl)c(N(C)C(=O)CC(C)C2(C)OC2C(C)C2CC(O)NC(=O)O2)c1. The largest absolute Gasteiger partial charge is 0.495 e. The quantitative estimate of drug-likeness (QED) is 0.323. The summed E-state index contributed by atoms with van der Waals surface area (Å²) in [7, 11) is 3.28. The van der Waals surface area contributed by atoms with E-state index < -0.39 is 24.0 Å². The Bertz CT molecular complexity index is 1070. The Labute approximate surface area is 224 Å². The first-order valence-corrected chi connectivity index (χ1v) is 13.0. The van der Waals surface area contributed by atoms with Gasteiger partial charge in [-0.25, -0.2) is 4.79 Å². The van der Waals surface area contributed by atoms with Crippen molar-refractivity contribution < 1.29 is 28.9 Å². The number of allylic oxidation sites excluding steroid dienone is 4. The fourth-order valence-electron chi connectivity index (χ4n) is 4.93. The van der Waals surface area contributed by atoms with Gasteiger partial charge in [0.05, 0.1) is 24.5 Å². The third-order valence-electron chi connectivity index (χ3n) is 7.50. The van der Waals surface area contributed by atoms with Crippen LogP contribution in [0.5, 0.6) is 5.75 Å². The zero-order valence-corrected chi connectivity index (χ0v) is 23.5. The van der Waals surface area contributed by atoms with Gasteiger partial charge < -0.3 is 24.2 Å². The number of cyclic esters (lactones) is 1. The van der Waals surface area contributed by atoms with Crippen LogP contribution < -0.4 is 15.0 Å². The van der Waals surface area contributed by atoms with Crippen LogP contribution in [0.1, 0.15) is 53.0 Å².